The number of hydrogen-bond donors (Lipinski definition) is 1. The molecule has 0 radical (unpaired) electrons. The molecule has 7 heteroatoms. The summed E-state index contributed by atoms with van der Waals surface area (Å²) in [6.45, 7) is 7.46. The Kier molecular flexibility index (Phi) is 7.75. The molecule has 1 aromatic heterocycles. The molecule has 1 amide bonds. The van der Waals surface area contributed by atoms with Crippen molar-refractivity contribution in [3.63, 3.8) is 0 Å². The second kappa shape index (κ2) is 10.0. The first kappa shape index (κ1) is 21.6. The summed E-state index contributed by atoms with van der Waals surface area (Å²) in [6.07, 6.45) is 0.102. The van der Waals surface area contributed by atoms with Crippen LogP contribution >= 0.6 is 11.3 Å². The molecular weight excluding hydrogens is 378 g/mol. The number of carbonyl (C=O) groups is 3. The molecule has 0 unspecified atom stereocenters. The lowest BCUT2D eigenvalue weighted by molar-refractivity contribution is -0.146. The highest BCUT2D eigenvalue weighted by molar-refractivity contribution is 7.16. The standard InChI is InChI=1S/C21H25NO5S/c1-5-26-21(25)16-11-17(13(2)3)28-20(16)22-18(23)12-27-19(24)10-15-9-7-6-8-14(15)4/h6-9,11,13H,5,10,12H2,1-4H3,(H,22,23). The fraction of sp³-hybridized carbons (Fsp3) is 0.381. The van der Waals surface area contributed by atoms with Gasteiger partial charge in [-0.25, -0.2) is 4.79 Å². The van der Waals surface area contributed by atoms with Gasteiger partial charge in [0.1, 0.15) is 5.00 Å². The second-order valence-electron chi connectivity index (χ2n) is 6.58. The first-order chi connectivity index (χ1) is 13.3. The third-order valence-corrected chi connectivity index (χ3v) is 5.38. The van der Waals surface area contributed by atoms with Gasteiger partial charge in [-0.3, -0.25) is 9.59 Å². The van der Waals surface area contributed by atoms with E-state index in [0.29, 0.717) is 10.6 Å². The normalized spacial score (nSPS) is 10.6. The van der Waals surface area contributed by atoms with Crippen molar-refractivity contribution in [2.45, 2.75) is 40.0 Å². The van der Waals surface area contributed by atoms with Gasteiger partial charge in [0, 0.05) is 4.88 Å². The summed E-state index contributed by atoms with van der Waals surface area (Å²) in [5, 5.41) is 3.06. The fourth-order valence-corrected chi connectivity index (χ4v) is 3.54. The largest absolute Gasteiger partial charge is 0.462 e. The van der Waals surface area contributed by atoms with Crippen molar-refractivity contribution in [1.29, 1.82) is 0 Å². The maximum absolute atomic E-state index is 12.2. The molecular formula is C21H25NO5S. The topological polar surface area (TPSA) is 81.7 Å². The Hall–Kier alpha value is -2.67. The third-order valence-electron chi connectivity index (χ3n) is 4.03. The molecule has 0 saturated heterocycles. The van der Waals surface area contributed by atoms with E-state index in [-0.39, 0.29) is 18.9 Å². The minimum absolute atomic E-state index is 0.102. The fourth-order valence-electron chi connectivity index (χ4n) is 2.47. The number of benzene rings is 1. The van der Waals surface area contributed by atoms with Crippen LogP contribution in [-0.2, 0) is 25.5 Å². The SMILES string of the molecule is CCOC(=O)c1cc(C(C)C)sc1NC(=O)COC(=O)Cc1ccccc1C. The van der Waals surface area contributed by atoms with E-state index in [4.69, 9.17) is 9.47 Å². The number of aryl methyl sites for hydroxylation is 1. The van der Waals surface area contributed by atoms with Crippen LogP contribution in [0, 0.1) is 6.92 Å². The Bertz CT molecular complexity index is 856. The van der Waals surface area contributed by atoms with Gasteiger partial charge in [-0.2, -0.15) is 0 Å². The molecule has 150 valence electrons. The van der Waals surface area contributed by atoms with E-state index in [1.807, 2.05) is 45.0 Å². The number of amides is 1. The number of esters is 2. The van der Waals surface area contributed by atoms with Gasteiger partial charge in [0.15, 0.2) is 6.61 Å². The number of thiophene rings is 1. The molecule has 2 aromatic rings. The van der Waals surface area contributed by atoms with E-state index < -0.39 is 24.5 Å². The Balaban J connectivity index is 1.97. The van der Waals surface area contributed by atoms with Crippen molar-refractivity contribution in [2.24, 2.45) is 0 Å². The number of rotatable bonds is 8. The van der Waals surface area contributed by atoms with Crippen LogP contribution in [0.2, 0.25) is 0 Å². The molecule has 0 aliphatic heterocycles. The van der Waals surface area contributed by atoms with E-state index >= 15 is 0 Å². The van der Waals surface area contributed by atoms with Gasteiger partial charge in [-0.1, -0.05) is 38.1 Å². The lowest BCUT2D eigenvalue weighted by Crippen LogP contribution is -2.22. The second-order valence-corrected chi connectivity index (χ2v) is 7.66. The zero-order chi connectivity index (χ0) is 20.7. The van der Waals surface area contributed by atoms with E-state index in [0.717, 1.165) is 16.0 Å². The highest BCUT2D eigenvalue weighted by Gasteiger charge is 2.20. The van der Waals surface area contributed by atoms with Crippen LogP contribution in [0.5, 0.6) is 0 Å². The van der Waals surface area contributed by atoms with Crippen molar-refractivity contribution in [2.75, 3.05) is 18.5 Å². The van der Waals surface area contributed by atoms with Gasteiger partial charge >= 0.3 is 11.9 Å². The Morgan fingerprint density at radius 3 is 2.50 bits per heavy atom. The van der Waals surface area contributed by atoms with Gasteiger partial charge in [0.25, 0.3) is 5.91 Å². The van der Waals surface area contributed by atoms with Gasteiger partial charge in [-0.05, 0) is 37.0 Å². The Morgan fingerprint density at radius 1 is 1.14 bits per heavy atom. The number of hydrogen-bond acceptors (Lipinski definition) is 6. The van der Waals surface area contributed by atoms with Crippen molar-refractivity contribution in [3.05, 3.63) is 51.9 Å². The average Bonchev–Trinajstić information content (AvgIpc) is 3.06. The van der Waals surface area contributed by atoms with E-state index in [2.05, 4.69) is 5.32 Å². The maximum Gasteiger partial charge on any atom is 0.341 e. The molecule has 1 heterocycles. The summed E-state index contributed by atoms with van der Waals surface area (Å²) in [6, 6.07) is 9.23. The van der Waals surface area contributed by atoms with Crippen molar-refractivity contribution < 1.29 is 23.9 Å². The average molecular weight is 404 g/mol. The lowest BCUT2D eigenvalue weighted by atomic mass is 10.1. The summed E-state index contributed by atoms with van der Waals surface area (Å²) in [5.74, 6) is -1.27. The maximum atomic E-state index is 12.2. The van der Waals surface area contributed by atoms with E-state index in [1.165, 1.54) is 11.3 Å². The van der Waals surface area contributed by atoms with Gasteiger partial charge in [-0.15, -0.1) is 11.3 Å². The summed E-state index contributed by atoms with van der Waals surface area (Å²) in [5.41, 5.74) is 2.16. The molecule has 0 aliphatic carbocycles. The molecule has 1 aromatic carbocycles. The predicted molar refractivity (Wildman–Crippen MR) is 109 cm³/mol. The third kappa shape index (κ3) is 5.92. The van der Waals surface area contributed by atoms with Crippen LogP contribution in [0.1, 0.15) is 53.1 Å². The molecule has 0 spiro atoms. The minimum Gasteiger partial charge on any atom is -0.462 e. The van der Waals surface area contributed by atoms with Gasteiger partial charge in [0.05, 0.1) is 18.6 Å². The highest BCUT2D eigenvalue weighted by atomic mass is 32.1. The molecule has 28 heavy (non-hydrogen) atoms. The van der Waals surface area contributed by atoms with Crippen LogP contribution in [0.25, 0.3) is 0 Å². The number of anilines is 1. The van der Waals surface area contributed by atoms with Crippen LogP contribution in [0.15, 0.2) is 30.3 Å². The zero-order valence-corrected chi connectivity index (χ0v) is 17.4. The zero-order valence-electron chi connectivity index (χ0n) is 16.5. The molecule has 0 bridgehead atoms. The first-order valence-electron chi connectivity index (χ1n) is 9.12. The summed E-state index contributed by atoms with van der Waals surface area (Å²) in [4.78, 5) is 37.3. The quantitative estimate of drug-likeness (QED) is 0.672. The Morgan fingerprint density at radius 2 is 1.86 bits per heavy atom. The molecule has 0 aliphatic rings. The van der Waals surface area contributed by atoms with Crippen LogP contribution in [0.4, 0.5) is 5.00 Å². The summed E-state index contributed by atoms with van der Waals surface area (Å²) < 4.78 is 10.1. The lowest BCUT2D eigenvalue weighted by Gasteiger charge is -2.08. The minimum atomic E-state index is -0.499. The highest BCUT2D eigenvalue weighted by Crippen LogP contribution is 2.33. The van der Waals surface area contributed by atoms with E-state index in [9.17, 15) is 14.4 Å². The molecule has 0 atom stereocenters. The number of carbonyl (C=O) groups excluding carboxylic acids is 3. The van der Waals surface area contributed by atoms with Crippen LogP contribution < -0.4 is 5.32 Å². The van der Waals surface area contributed by atoms with Crippen molar-refractivity contribution in [1.82, 2.24) is 0 Å². The number of ether oxygens (including phenoxy) is 2. The first-order valence-corrected chi connectivity index (χ1v) is 9.94. The predicted octanol–water partition coefficient (Wildman–Crippen LogP) is 4.08. The van der Waals surface area contributed by atoms with Crippen molar-refractivity contribution in [3.8, 4) is 0 Å². The molecule has 0 fully saturated rings. The molecule has 2 rings (SSSR count). The van der Waals surface area contributed by atoms with Crippen LogP contribution in [0.3, 0.4) is 0 Å². The monoisotopic (exact) mass is 403 g/mol. The molecule has 6 nitrogen and oxygen atoms in total. The van der Waals surface area contributed by atoms with E-state index in [1.54, 1.807) is 13.0 Å². The van der Waals surface area contributed by atoms with Crippen LogP contribution in [-0.4, -0.2) is 31.1 Å². The Labute approximate surface area is 168 Å². The summed E-state index contributed by atoms with van der Waals surface area (Å²) >= 11 is 1.32. The van der Waals surface area contributed by atoms with Crippen molar-refractivity contribution >= 4 is 34.2 Å². The molecule has 1 N–H and O–H groups in total. The van der Waals surface area contributed by atoms with Gasteiger partial charge in [0.2, 0.25) is 0 Å². The number of nitrogens with one attached hydrogen (secondary N) is 1. The summed E-state index contributed by atoms with van der Waals surface area (Å²) in [7, 11) is 0. The van der Waals surface area contributed by atoms with Gasteiger partial charge < -0.3 is 14.8 Å². The smallest absolute Gasteiger partial charge is 0.341 e. The molecule has 0 saturated carbocycles.